The van der Waals surface area contributed by atoms with Crippen molar-refractivity contribution >= 4 is 11.6 Å². The third kappa shape index (κ3) is 5.71. The lowest BCUT2D eigenvalue weighted by Gasteiger charge is -2.13. The Bertz CT molecular complexity index is 746. The van der Waals surface area contributed by atoms with Crippen LogP contribution in [0, 0.1) is 6.92 Å². The van der Waals surface area contributed by atoms with Crippen LogP contribution in [0.15, 0.2) is 30.6 Å². The predicted molar refractivity (Wildman–Crippen MR) is 85.2 cm³/mol. The fraction of sp³-hybridized carbons (Fsp3) is 0.312. The zero-order chi connectivity index (χ0) is 18.6. The molecular formula is C16H17F3N4O2. The van der Waals surface area contributed by atoms with Crippen LogP contribution in [-0.4, -0.2) is 41.2 Å². The molecule has 0 fully saturated rings. The van der Waals surface area contributed by atoms with E-state index in [2.05, 4.69) is 20.0 Å². The highest BCUT2D eigenvalue weighted by atomic mass is 19.4. The largest absolute Gasteiger partial charge is 0.573 e. The van der Waals surface area contributed by atoms with Crippen LogP contribution in [0.1, 0.15) is 21.7 Å². The van der Waals surface area contributed by atoms with Crippen LogP contribution < -0.4 is 10.1 Å². The van der Waals surface area contributed by atoms with Crippen molar-refractivity contribution in [2.24, 2.45) is 0 Å². The van der Waals surface area contributed by atoms with E-state index < -0.39 is 12.3 Å². The fourth-order valence-electron chi connectivity index (χ4n) is 1.99. The Morgan fingerprint density at radius 2 is 1.96 bits per heavy atom. The molecule has 0 spiro atoms. The van der Waals surface area contributed by atoms with Gasteiger partial charge in [-0.2, -0.15) is 0 Å². The second-order valence-electron chi connectivity index (χ2n) is 5.61. The number of carbonyl (C=O) groups is 1. The molecule has 0 saturated heterocycles. The van der Waals surface area contributed by atoms with E-state index in [1.807, 2.05) is 19.0 Å². The summed E-state index contributed by atoms with van der Waals surface area (Å²) >= 11 is 0. The second-order valence-corrected chi connectivity index (χ2v) is 5.61. The molecule has 0 saturated carbocycles. The second kappa shape index (κ2) is 7.47. The van der Waals surface area contributed by atoms with Crippen molar-refractivity contribution in [2.45, 2.75) is 19.8 Å². The van der Waals surface area contributed by atoms with Crippen LogP contribution in [0.3, 0.4) is 0 Å². The quantitative estimate of drug-likeness (QED) is 0.894. The molecule has 0 unspecified atom stereocenters. The number of amides is 1. The monoisotopic (exact) mass is 354 g/mol. The summed E-state index contributed by atoms with van der Waals surface area (Å²) in [5, 5.41) is 2.47. The molecule has 1 amide bonds. The molecule has 0 atom stereocenters. The van der Waals surface area contributed by atoms with E-state index in [0.29, 0.717) is 17.8 Å². The molecule has 1 N–H and O–H groups in total. The number of carbonyl (C=O) groups excluding carboxylic acids is 1. The summed E-state index contributed by atoms with van der Waals surface area (Å²) in [5.74, 6) is -0.955. The van der Waals surface area contributed by atoms with Gasteiger partial charge in [-0.25, -0.2) is 4.98 Å². The average molecular weight is 354 g/mol. The highest BCUT2D eigenvalue weighted by Crippen LogP contribution is 2.28. The Balaban J connectivity index is 2.11. The van der Waals surface area contributed by atoms with Gasteiger partial charge in [-0.1, -0.05) is 6.07 Å². The maximum atomic E-state index is 12.4. The van der Waals surface area contributed by atoms with E-state index in [-0.39, 0.29) is 17.1 Å². The Morgan fingerprint density at radius 3 is 2.52 bits per heavy atom. The molecule has 134 valence electrons. The molecule has 2 aromatic rings. The smallest absolute Gasteiger partial charge is 0.405 e. The zero-order valence-corrected chi connectivity index (χ0v) is 13.9. The SMILES string of the molecule is Cc1ccc(NC(=O)c2cnc(CN(C)C)cn2)cc1OC(F)(F)F. The van der Waals surface area contributed by atoms with Crippen molar-refractivity contribution in [3.8, 4) is 5.75 Å². The molecule has 1 heterocycles. The molecule has 0 aliphatic carbocycles. The van der Waals surface area contributed by atoms with Crippen molar-refractivity contribution in [3.63, 3.8) is 0 Å². The zero-order valence-electron chi connectivity index (χ0n) is 13.9. The van der Waals surface area contributed by atoms with Crippen LogP contribution >= 0.6 is 0 Å². The number of ether oxygens (including phenoxy) is 1. The van der Waals surface area contributed by atoms with Crippen molar-refractivity contribution in [2.75, 3.05) is 19.4 Å². The highest BCUT2D eigenvalue weighted by Gasteiger charge is 2.31. The Hall–Kier alpha value is -2.68. The van der Waals surface area contributed by atoms with Gasteiger partial charge in [0.25, 0.3) is 5.91 Å². The summed E-state index contributed by atoms with van der Waals surface area (Å²) in [4.78, 5) is 22.2. The van der Waals surface area contributed by atoms with E-state index >= 15 is 0 Å². The van der Waals surface area contributed by atoms with E-state index in [1.54, 1.807) is 0 Å². The average Bonchev–Trinajstić information content (AvgIpc) is 2.49. The molecule has 0 bridgehead atoms. The molecule has 25 heavy (non-hydrogen) atoms. The number of hydrogen-bond acceptors (Lipinski definition) is 5. The normalized spacial score (nSPS) is 11.5. The highest BCUT2D eigenvalue weighted by molar-refractivity contribution is 6.02. The molecule has 1 aromatic heterocycles. The first-order valence-electron chi connectivity index (χ1n) is 7.27. The molecule has 0 radical (unpaired) electrons. The van der Waals surface area contributed by atoms with Gasteiger partial charge in [0, 0.05) is 18.3 Å². The maximum absolute atomic E-state index is 12.4. The van der Waals surface area contributed by atoms with Gasteiger partial charge in [-0.05, 0) is 32.6 Å². The molecule has 1 aromatic carbocycles. The van der Waals surface area contributed by atoms with E-state index in [4.69, 9.17) is 0 Å². The van der Waals surface area contributed by atoms with Crippen molar-refractivity contribution in [1.82, 2.24) is 14.9 Å². The fourth-order valence-corrected chi connectivity index (χ4v) is 1.99. The Morgan fingerprint density at radius 1 is 1.24 bits per heavy atom. The summed E-state index contributed by atoms with van der Waals surface area (Å²) in [5.41, 5.74) is 1.20. The predicted octanol–water partition coefficient (Wildman–Crippen LogP) is 3.00. The van der Waals surface area contributed by atoms with Crippen molar-refractivity contribution in [3.05, 3.63) is 47.5 Å². The topological polar surface area (TPSA) is 67.4 Å². The van der Waals surface area contributed by atoms with Crippen LogP contribution in [0.2, 0.25) is 0 Å². The summed E-state index contributed by atoms with van der Waals surface area (Å²) in [6.45, 7) is 2.05. The van der Waals surface area contributed by atoms with E-state index in [0.717, 1.165) is 6.07 Å². The first-order chi connectivity index (χ1) is 11.6. The Kier molecular flexibility index (Phi) is 5.58. The lowest BCUT2D eigenvalue weighted by molar-refractivity contribution is -0.274. The third-order valence-electron chi connectivity index (χ3n) is 3.09. The van der Waals surface area contributed by atoms with Crippen LogP contribution in [-0.2, 0) is 6.54 Å². The van der Waals surface area contributed by atoms with Gasteiger partial charge in [-0.15, -0.1) is 13.2 Å². The lowest BCUT2D eigenvalue weighted by atomic mass is 10.2. The third-order valence-corrected chi connectivity index (χ3v) is 3.09. The number of nitrogens with zero attached hydrogens (tertiary/aromatic N) is 3. The lowest BCUT2D eigenvalue weighted by Crippen LogP contribution is -2.19. The first-order valence-corrected chi connectivity index (χ1v) is 7.27. The molecule has 9 heteroatoms. The van der Waals surface area contributed by atoms with Crippen LogP contribution in [0.4, 0.5) is 18.9 Å². The number of rotatable bonds is 5. The minimum atomic E-state index is -4.80. The Labute approximate surface area is 142 Å². The maximum Gasteiger partial charge on any atom is 0.573 e. The summed E-state index contributed by atoms with van der Waals surface area (Å²) in [6, 6.07) is 4.00. The molecule has 2 rings (SSSR count). The summed E-state index contributed by atoms with van der Waals surface area (Å²) < 4.78 is 41.1. The van der Waals surface area contributed by atoms with E-state index in [1.165, 1.54) is 31.5 Å². The van der Waals surface area contributed by atoms with Gasteiger partial charge in [0.15, 0.2) is 0 Å². The summed E-state index contributed by atoms with van der Waals surface area (Å²) in [7, 11) is 3.75. The molecule has 0 aliphatic rings. The van der Waals surface area contributed by atoms with Crippen molar-refractivity contribution in [1.29, 1.82) is 0 Å². The van der Waals surface area contributed by atoms with Gasteiger partial charge in [-0.3, -0.25) is 9.78 Å². The molecule has 6 nitrogen and oxygen atoms in total. The van der Waals surface area contributed by atoms with Gasteiger partial charge >= 0.3 is 6.36 Å². The number of alkyl halides is 3. The number of aryl methyl sites for hydroxylation is 1. The van der Waals surface area contributed by atoms with Gasteiger partial charge in [0.05, 0.1) is 18.1 Å². The van der Waals surface area contributed by atoms with Gasteiger partial charge < -0.3 is 15.0 Å². The number of benzene rings is 1. The number of nitrogens with one attached hydrogen (secondary N) is 1. The first kappa shape index (κ1) is 18.7. The molecular weight excluding hydrogens is 337 g/mol. The van der Waals surface area contributed by atoms with Gasteiger partial charge in [0.1, 0.15) is 11.4 Å². The van der Waals surface area contributed by atoms with Crippen LogP contribution in [0.5, 0.6) is 5.75 Å². The summed E-state index contributed by atoms with van der Waals surface area (Å²) in [6.07, 6.45) is -2.02. The van der Waals surface area contributed by atoms with Crippen molar-refractivity contribution < 1.29 is 22.7 Å². The van der Waals surface area contributed by atoms with E-state index in [9.17, 15) is 18.0 Å². The minimum Gasteiger partial charge on any atom is -0.405 e. The number of aromatic nitrogens is 2. The van der Waals surface area contributed by atoms with Gasteiger partial charge in [0.2, 0.25) is 0 Å². The number of anilines is 1. The number of hydrogen-bond donors (Lipinski definition) is 1. The van der Waals surface area contributed by atoms with Crippen LogP contribution in [0.25, 0.3) is 0 Å². The standard InChI is InChI=1S/C16H17F3N4O2/c1-10-4-5-11(6-14(10)25-16(17,18)19)22-15(24)13-8-20-12(7-21-13)9-23(2)3/h4-8H,9H2,1-3H3,(H,22,24). The minimum absolute atomic E-state index is 0.0568. The number of halogens is 3. The molecule has 0 aliphatic heterocycles.